The van der Waals surface area contributed by atoms with E-state index >= 15 is 0 Å². The van der Waals surface area contributed by atoms with Gasteiger partial charge in [0, 0.05) is 18.6 Å². The Bertz CT molecular complexity index is 718. The Hall–Kier alpha value is -2.90. The van der Waals surface area contributed by atoms with Crippen molar-refractivity contribution in [1.82, 2.24) is 15.5 Å². The van der Waals surface area contributed by atoms with Crippen molar-refractivity contribution < 1.29 is 24.2 Å². The Morgan fingerprint density at radius 3 is 2.26 bits per heavy atom. The number of phenolic OH excluding ortho intramolecular Hbond substituents is 2. The molecular weight excluding hydrogens is 302 g/mol. The lowest BCUT2D eigenvalue weighted by molar-refractivity contribution is -0.119. The van der Waals surface area contributed by atoms with Crippen LogP contribution in [0.2, 0.25) is 0 Å². The van der Waals surface area contributed by atoms with E-state index in [4.69, 9.17) is 4.42 Å². The van der Waals surface area contributed by atoms with Crippen LogP contribution >= 0.6 is 0 Å². The number of amides is 1. The minimum atomic E-state index is -0.779. The maximum absolute atomic E-state index is 12.4. The van der Waals surface area contributed by atoms with Crippen LogP contribution in [0.15, 0.2) is 22.6 Å². The van der Waals surface area contributed by atoms with Gasteiger partial charge in [-0.1, -0.05) is 13.8 Å². The average molecular weight is 319 g/mol. The first-order chi connectivity index (χ1) is 10.8. The smallest absolute Gasteiger partial charge is 0.286 e. The third kappa shape index (κ3) is 3.85. The normalized spacial score (nSPS) is 12.2. The van der Waals surface area contributed by atoms with Crippen molar-refractivity contribution in [2.75, 3.05) is 0 Å². The molecule has 1 amide bonds. The monoisotopic (exact) mass is 319 g/mol. The second kappa shape index (κ2) is 6.47. The molecule has 23 heavy (non-hydrogen) atoms. The fraction of sp³-hybridized carbons (Fsp3) is 0.333. The lowest BCUT2D eigenvalue weighted by atomic mass is 10.00. The predicted molar refractivity (Wildman–Crippen MR) is 79.8 cm³/mol. The molecule has 0 spiro atoms. The number of hydrogen-bond acceptors (Lipinski definition) is 7. The first kappa shape index (κ1) is 16.5. The number of phenols is 2. The van der Waals surface area contributed by atoms with Crippen LogP contribution in [-0.4, -0.2) is 38.1 Å². The molecule has 1 aromatic carbocycles. The topological polar surface area (TPSA) is 126 Å². The van der Waals surface area contributed by atoms with Gasteiger partial charge in [0.15, 0.2) is 0 Å². The molecule has 0 radical (unpaired) electrons. The van der Waals surface area contributed by atoms with Gasteiger partial charge < -0.3 is 19.9 Å². The van der Waals surface area contributed by atoms with Crippen LogP contribution in [0.3, 0.4) is 0 Å². The molecule has 1 atom stereocenters. The van der Waals surface area contributed by atoms with Crippen LogP contribution in [0.25, 0.3) is 11.5 Å². The molecule has 0 aliphatic rings. The number of aromatic hydroxyl groups is 2. The van der Waals surface area contributed by atoms with E-state index in [1.807, 2.05) is 0 Å². The zero-order valence-electron chi connectivity index (χ0n) is 12.9. The van der Waals surface area contributed by atoms with E-state index in [2.05, 4.69) is 15.5 Å². The Kier molecular flexibility index (Phi) is 4.63. The highest BCUT2D eigenvalue weighted by Crippen LogP contribution is 2.27. The molecule has 8 heteroatoms. The molecule has 2 aromatic rings. The number of ketones is 1. The molecule has 1 unspecified atom stereocenters. The number of rotatable bonds is 5. The number of benzene rings is 1. The first-order valence-electron chi connectivity index (χ1n) is 6.96. The highest BCUT2D eigenvalue weighted by Gasteiger charge is 2.29. The summed E-state index contributed by atoms with van der Waals surface area (Å²) in [6.45, 7) is 4.88. The third-order valence-electron chi connectivity index (χ3n) is 3.09. The van der Waals surface area contributed by atoms with Gasteiger partial charge in [-0.3, -0.25) is 9.59 Å². The van der Waals surface area contributed by atoms with E-state index in [1.54, 1.807) is 13.8 Å². The molecule has 0 aliphatic heterocycles. The fourth-order valence-electron chi connectivity index (χ4n) is 2.05. The summed E-state index contributed by atoms with van der Waals surface area (Å²) in [4.78, 5) is 23.6. The van der Waals surface area contributed by atoms with Gasteiger partial charge in [0.25, 0.3) is 5.89 Å². The van der Waals surface area contributed by atoms with Gasteiger partial charge in [0.05, 0.1) is 6.04 Å². The zero-order valence-corrected chi connectivity index (χ0v) is 12.9. The number of carbonyl (C=O) groups is 2. The molecule has 3 N–H and O–H groups in total. The molecule has 122 valence electrons. The second-order valence-electron chi connectivity index (χ2n) is 5.44. The van der Waals surface area contributed by atoms with Crippen molar-refractivity contribution in [3.8, 4) is 23.0 Å². The number of nitrogens with zero attached hydrogens (tertiary/aromatic N) is 2. The summed E-state index contributed by atoms with van der Waals surface area (Å²) in [6.07, 6.45) is 0. The molecule has 1 aromatic heterocycles. The molecule has 2 rings (SSSR count). The predicted octanol–water partition coefficient (Wildman–Crippen LogP) is 1.49. The van der Waals surface area contributed by atoms with Crippen molar-refractivity contribution in [3.63, 3.8) is 0 Å². The van der Waals surface area contributed by atoms with Crippen LogP contribution in [0, 0.1) is 5.92 Å². The van der Waals surface area contributed by atoms with Gasteiger partial charge in [-0.15, -0.1) is 10.2 Å². The molecule has 1 heterocycles. The standard InChI is InChI=1S/C15H17N3O5/c1-7(2)12(16-8(3)19)13(22)15-18-17-14(23-15)9-4-10(20)6-11(21)5-9/h4-7,12,20-21H,1-3H3,(H,16,19). The maximum atomic E-state index is 12.4. The third-order valence-corrected chi connectivity index (χ3v) is 3.09. The summed E-state index contributed by atoms with van der Waals surface area (Å²) >= 11 is 0. The molecule has 0 fully saturated rings. The summed E-state index contributed by atoms with van der Waals surface area (Å²) < 4.78 is 5.31. The van der Waals surface area contributed by atoms with Crippen molar-refractivity contribution in [2.45, 2.75) is 26.8 Å². The number of carbonyl (C=O) groups excluding carboxylic acids is 2. The van der Waals surface area contributed by atoms with E-state index in [1.165, 1.54) is 19.1 Å². The van der Waals surface area contributed by atoms with Gasteiger partial charge in [0.1, 0.15) is 11.5 Å². The molecule has 0 bridgehead atoms. The second-order valence-corrected chi connectivity index (χ2v) is 5.44. The largest absolute Gasteiger partial charge is 0.508 e. The average Bonchev–Trinajstić information content (AvgIpc) is 2.92. The maximum Gasteiger partial charge on any atom is 0.286 e. The summed E-state index contributed by atoms with van der Waals surface area (Å²) in [5.74, 6) is -1.63. The Morgan fingerprint density at radius 1 is 1.13 bits per heavy atom. The van der Waals surface area contributed by atoms with E-state index in [9.17, 15) is 19.8 Å². The van der Waals surface area contributed by atoms with Gasteiger partial charge in [-0.05, 0) is 18.1 Å². The van der Waals surface area contributed by atoms with Crippen LogP contribution in [0.1, 0.15) is 31.5 Å². The molecule has 0 saturated carbocycles. The van der Waals surface area contributed by atoms with Crippen molar-refractivity contribution in [1.29, 1.82) is 0 Å². The highest BCUT2D eigenvalue weighted by atomic mass is 16.4. The van der Waals surface area contributed by atoms with Gasteiger partial charge in [-0.2, -0.15) is 0 Å². The SMILES string of the molecule is CC(=O)NC(C(=O)c1nnc(-c2cc(O)cc(O)c2)o1)C(C)C. The van der Waals surface area contributed by atoms with Crippen molar-refractivity contribution in [3.05, 3.63) is 24.1 Å². The number of Topliss-reactive ketones (excluding diaryl/α,β-unsaturated/α-hetero) is 1. The zero-order chi connectivity index (χ0) is 17.1. The van der Waals surface area contributed by atoms with E-state index < -0.39 is 11.8 Å². The highest BCUT2D eigenvalue weighted by molar-refractivity contribution is 5.98. The minimum Gasteiger partial charge on any atom is -0.508 e. The van der Waals surface area contributed by atoms with Crippen molar-refractivity contribution >= 4 is 11.7 Å². The van der Waals surface area contributed by atoms with Crippen molar-refractivity contribution in [2.24, 2.45) is 5.92 Å². The lowest BCUT2D eigenvalue weighted by Gasteiger charge is -2.18. The summed E-state index contributed by atoms with van der Waals surface area (Å²) in [7, 11) is 0. The lowest BCUT2D eigenvalue weighted by Crippen LogP contribution is -2.43. The Labute approximate surface area is 132 Å². The minimum absolute atomic E-state index is 0.0233. The summed E-state index contributed by atoms with van der Waals surface area (Å²) in [5, 5.41) is 28.9. The molecule has 0 saturated heterocycles. The fourth-order valence-corrected chi connectivity index (χ4v) is 2.05. The Balaban J connectivity index is 2.30. The van der Waals surface area contributed by atoms with Crippen LogP contribution in [-0.2, 0) is 4.79 Å². The van der Waals surface area contributed by atoms with Crippen LogP contribution < -0.4 is 5.32 Å². The van der Waals surface area contributed by atoms with E-state index in [0.717, 1.165) is 6.07 Å². The van der Waals surface area contributed by atoms with E-state index in [0.29, 0.717) is 0 Å². The summed E-state index contributed by atoms with van der Waals surface area (Å²) in [6, 6.07) is 3.00. The van der Waals surface area contributed by atoms with Gasteiger partial charge >= 0.3 is 0 Å². The number of hydrogen-bond donors (Lipinski definition) is 3. The van der Waals surface area contributed by atoms with Gasteiger partial charge in [-0.25, -0.2) is 0 Å². The number of aromatic nitrogens is 2. The first-order valence-corrected chi connectivity index (χ1v) is 6.96. The Morgan fingerprint density at radius 2 is 1.74 bits per heavy atom. The summed E-state index contributed by atoms with van der Waals surface area (Å²) in [5.41, 5.74) is 0.273. The molecule has 0 aliphatic carbocycles. The molecular formula is C15H17N3O5. The number of nitrogens with one attached hydrogen (secondary N) is 1. The molecule has 8 nitrogen and oxygen atoms in total. The van der Waals surface area contributed by atoms with E-state index in [-0.39, 0.29) is 40.7 Å². The van der Waals surface area contributed by atoms with Crippen LogP contribution in [0.4, 0.5) is 0 Å². The van der Waals surface area contributed by atoms with Crippen LogP contribution in [0.5, 0.6) is 11.5 Å². The quantitative estimate of drug-likeness (QED) is 0.713. The van der Waals surface area contributed by atoms with Gasteiger partial charge in [0.2, 0.25) is 17.6 Å².